The first kappa shape index (κ1) is 18.7. The van der Waals surface area contributed by atoms with E-state index in [1.54, 1.807) is 23.9 Å². The molecule has 1 spiro atoms. The standard InChI is InChI=1S/C22H24F3N3O/c1-28-19(26-20(29)15-9-21(10-15)11-22(24,25)12-21)17(13-3-2-4-13)18(27-28)14-5-7-16(23)8-6-14/h5-8,13,15H,2-4,9-12H2,1H3,(H,26,29). The molecular formula is C22H24F3N3O. The topological polar surface area (TPSA) is 46.9 Å². The van der Waals surface area contributed by atoms with Crippen molar-refractivity contribution in [2.24, 2.45) is 18.4 Å². The smallest absolute Gasteiger partial charge is 0.249 e. The van der Waals surface area contributed by atoms with Crippen molar-refractivity contribution in [3.05, 3.63) is 35.6 Å². The summed E-state index contributed by atoms with van der Waals surface area (Å²) in [7, 11) is 1.79. The number of benzene rings is 1. The van der Waals surface area contributed by atoms with Crippen LogP contribution in [0.25, 0.3) is 11.3 Å². The average molecular weight is 403 g/mol. The molecule has 0 saturated heterocycles. The number of hydrogen-bond acceptors (Lipinski definition) is 2. The normalized spacial score (nSPS) is 22.6. The Morgan fingerprint density at radius 3 is 2.38 bits per heavy atom. The minimum Gasteiger partial charge on any atom is -0.310 e. The van der Waals surface area contributed by atoms with Gasteiger partial charge in [-0.15, -0.1) is 0 Å². The average Bonchev–Trinajstić information content (AvgIpc) is 2.86. The first-order valence-corrected chi connectivity index (χ1v) is 10.3. The lowest BCUT2D eigenvalue weighted by Crippen LogP contribution is -2.55. The summed E-state index contributed by atoms with van der Waals surface area (Å²) >= 11 is 0. The van der Waals surface area contributed by atoms with Crippen molar-refractivity contribution in [1.29, 1.82) is 0 Å². The largest absolute Gasteiger partial charge is 0.310 e. The van der Waals surface area contributed by atoms with E-state index in [-0.39, 0.29) is 35.9 Å². The van der Waals surface area contributed by atoms with Crippen LogP contribution in [-0.2, 0) is 11.8 Å². The number of amides is 1. The molecule has 1 amide bonds. The maximum Gasteiger partial charge on any atom is 0.249 e. The van der Waals surface area contributed by atoms with Gasteiger partial charge in [0.15, 0.2) is 0 Å². The van der Waals surface area contributed by atoms with E-state index in [9.17, 15) is 18.0 Å². The third-order valence-corrected chi connectivity index (χ3v) is 6.95. The lowest BCUT2D eigenvalue weighted by Gasteiger charge is -2.56. The number of nitrogens with zero attached hydrogens (tertiary/aromatic N) is 2. The molecule has 5 rings (SSSR count). The molecular weight excluding hydrogens is 379 g/mol. The van der Waals surface area contributed by atoms with Gasteiger partial charge in [-0.3, -0.25) is 9.48 Å². The molecule has 4 nitrogen and oxygen atoms in total. The molecule has 0 aliphatic heterocycles. The van der Waals surface area contributed by atoms with E-state index in [1.165, 1.54) is 12.1 Å². The highest BCUT2D eigenvalue weighted by molar-refractivity contribution is 5.94. The van der Waals surface area contributed by atoms with Crippen LogP contribution in [0.4, 0.5) is 19.0 Å². The summed E-state index contributed by atoms with van der Waals surface area (Å²) in [6, 6.07) is 6.24. The summed E-state index contributed by atoms with van der Waals surface area (Å²) in [6.07, 6.45) is 4.10. The maximum atomic E-state index is 13.3. The van der Waals surface area contributed by atoms with Gasteiger partial charge in [0.05, 0.1) is 5.69 Å². The molecule has 1 aromatic heterocycles. The second-order valence-corrected chi connectivity index (χ2v) is 9.17. The number of aromatic nitrogens is 2. The minimum atomic E-state index is -2.55. The summed E-state index contributed by atoms with van der Waals surface area (Å²) in [4.78, 5) is 12.8. The van der Waals surface area contributed by atoms with Crippen LogP contribution in [-0.4, -0.2) is 21.6 Å². The van der Waals surface area contributed by atoms with Crippen LogP contribution in [0, 0.1) is 17.2 Å². The number of halogens is 3. The van der Waals surface area contributed by atoms with Crippen molar-refractivity contribution >= 4 is 11.7 Å². The van der Waals surface area contributed by atoms with E-state index >= 15 is 0 Å². The van der Waals surface area contributed by atoms with Crippen molar-refractivity contribution < 1.29 is 18.0 Å². The molecule has 7 heteroatoms. The molecule has 0 unspecified atom stereocenters. The molecule has 3 aliphatic carbocycles. The predicted molar refractivity (Wildman–Crippen MR) is 103 cm³/mol. The van der Waals surface area contributed by atoms with E-state index in [1.807, 2.05) is 0 Å². The van der Waals surface area contributed by atoms with Crippen LogP contribution < -0.4 is 5.32 Å². The third kappa shape index (κ3) is 3.15. The van der Waals surface area contributed by atoms with Crippen molar-refractivity contribution in [3.63, 3.8) is 0 Å². The zero-order valence-electron chi connectivity index (χ0n) is 16.4. The lowest BCUT2D eigenvalue weighted by atomic mass is 9.50. The number of carbonyl (C=O) groups is 1. The number of nitrogens with one attached hydrogen (secondary N) is 1. The molecule has 2 aromatic rings. The van der Waals surface area contributed by atoms with Gasteiger partial charge in [-0.05, 0) is 61.3 Å². The quantitative estimate of drug-likeness (QED) is 0.757. The molecule has 0 radical (unpaired) electrons. The molecule has 3 saturated carbocycles. The van der Waals surface area contributed by atoms with Crippen LogP contribution in [0.5, 0.6) is 0 Å². The Balaban J connectivity index is 1.37. The molecule has 1 heterocycles. The second kappa shape index (κ2) is 6.34. The number of carbonyl (C=O) groups excluding carboxylic acids is 1. The van der Waals surface area contributed by atoms with Crippen molar-refractivity contribution in [2.75, 3.05) is 5.32 Å². The Morgan fingerprint density at radius 1 is 1.17 bits per heavy atom. The van der Waals surface area contributed by atoms with E-state index in [4.69, 9.17) is 0 Å². The van der Waals surface area contributed by atoms with Crippen LogP contribution in [0.15, 0.2) is 24.3 Å². The van der Waals surface area contributed by atoms with Gasteiger partial charge < -0.3 is 5.32 Å². The van der Waals surface area contributed by atoms with Crippen molar-refractivity contribution in [1.82, 2.24) is 9.78 Å². The summed E-state index contributed by atoms with van der Waals surface area (Å²) < 4.78 is 41.5. The minimum absolute atomic E-state index is 0.0858. The highest BCUT2D eigenvalue weighted by atomic mass is 19.3. The third-order valence-electron chi connectivity index (χ3n) is 6.95. The van der Waals surface area contributed by atoms with Gasteiger partial charge in [0, 0.05) is 36.9 Å². The fraction of sp³-hybridized carbons (Fsp3) is 0.545. The molecule has 1 aromatic carbocycles. The fourth-order valence-electron chi connectivity index (χ4n) is 5.32. The number of aryl methyl sites for hydroxylation is 1. The van der Waals surface area contributed by atoms with Gasteiger partial charge in [0.2, 0.25) is 11.8 Å². The summed E-state index contributed by atoms with van der Waals surface area (Å²) in [5.74, 6) is -2.19. The number of rotatable bonds is 4. The van der Waals surface area contributed by atoms with Gasteiger partial charge in [0.1, 0.15) is 11.6 Å². The monoisotopic (exact) mass is 403 g/mol. The zero-order chi connectivity index (χ0) is 20.4. The summed E-state index contributed by atoms with van der Waals surface area (Å²) in [6.45, 7) is 0. The number of anilines is 1. The molecule has 0 bridgehead atoms. The van der Waals surface area contributed by atoms with Crippen LogP contribution in [0.3, 0.4) is 0 Å². The Bertz CT molecular complexity index is 946. The van der Waals surface area contributed by atoms with E-state index in [0.29, 0.717) is 24.6 Å². The SMILES string of the molecule is Cn1nc(-c2ccc(F)cc2)c(C2CCC2)c1NC(=O)C1CC2(C1)CC(F)(F)C2. The summed E-state index contributed by atoms with van der Waals surface area (Å²) in [5, 5.41) is 7.66. The van der Waals surface area contributed by atoms with E-state index < -0.39 is 5.92 Å². The van der Waals surface area contributed by atoms with Gasteiger partial charge in [0.25, 0.3) is 0 Å². The lowest BCUT2D eigenvalue weighted by molar-refractivity contribution is -0.206. The van der Waals surface area contributed by atoms with Gasteiger partial charge in [-0.25, -0.2) is 13.2 Å². The van der Waals surface area contributed by atoms with Crippen LogP contribution >= 0.6 is 0 Å². The molecule has 1 N–H and O–H groups in total. The first-order chi connectivity index (χ1) is 13.8. The van der Waals surface area contributed by atoms with Crippen LogP contribution in [0.2, 0.25) is 0 Å². The molecule has 154 valence electrons. The molecule has 3 fully saturated rings. The highest BCUT2D eigenvalue weighted by Gasteiger charge is 2.62. The zero-order valence-corrected chi connectivity index (χ0v) is 16.4. The predicted octanol–water partition coefficient (Wildman–Crippen LogP) is 5.26. The Labute approximate surface area is 167 Å². The Hall–Kier alpha value is -2.31. The maximum absolute atomic E-state index is 13.3. The van der Waals surface area contributed by atoms with Gasteiger partial charge >= 0.3 is 0 Å². The second-order valence-electron chi connectivity index (χ2n) is 9.17. The van der Waals surface area contributed by atoms with E-state index in [2.05, 4.69) is 10.4 Å². The summed E-state index contributed by atoms with van der Waals surface area (Å²) in [5.41, 5.74) is 2.27. The fourth-order valence-corrected chi connectivity index (χ4v) is 5.32. The van der Waals surface area contributed by atoms with Gasteiger partial charge in [-0.2, -0.15) is 5.10 Å². The highest BCUT2D eigenvalue weighted by Crippen LogP contribution is 2.64. The Kier molecular flexibility index (Phi) is 4.09. The molecule has 0 atom stereocenters. The number of hydrogen-bond donors (Lipinski definition) is 1. The van der Waals surface area contributed by atoms with E-state index in [0.717, 1.165) is 36.1 Å². The van der Waals surface area contributed by atoms with Crippen LogP contribution in [0.1, 0.15) is 56.4 Å². The first-order valence-electron chi connectivity index (χ1n) is 10.3. The van der Waals surface area contributed by atoms with Crippen molar-refractivity contribution in [3.8, 4) is 11.3 Å². The van der Waals surface area contributed by atoms with Gasteiger partial charge in [-0.1, -0.05) is 6.42 Å². The molecule has 29 heavy (non-hydrogen) atoms. The van der Waals surface area contributed by atoms with Crippen molar-refractivity contribution in [2.45, 2.75) is 56.8 Å². The molecule has 3 aliphatic rings. The number of alkyl halides is 2. The Morgan fingerprint density at radius 2 is 1.83 bits per heavy atom.